The molecule has 0 saturated carbocycles. The predicted octanol–water partition coefficient (Wildman–Crippen LogP) is 1.29. The van der Waals surface area contributed by atoms with Crippen LogP contribution >= 0.6 is 0 Å². The number of carbonyl (C=O) groups is 1. The van der Waals surface area contributed by atoms with Crippen molar-refractivity contribution in [3.63, 3.8) is 0 Å². The van der Waals surface area contributed by atoms with Crippen LogP contribution in [0.25, 0.3) is 0 Å². The Morgan fingerprint density at radius 2 is 2.00 bits per heavy atom. The molecule has 1 radical (unpaired) electrons. The van der Waals surface area contributed by atoms with Gasteiger partial charge in [-0.25, -0.2) is 0 Å². The minimum Gasteiger partial charge on any atom is -0.303 e. The molecule has 1 nitrogen and oxygen atoms in total. The zero-order valence-corrected chi connectivity index (χ0v) is 4.85. The van der Waals surface area contributed by atoms with E-state index in [1.165, 1.54) is 0 Å². The average Bonchev–Trinajstić information content (AvgIpc) is 1.65. The summed E-state index contributed by atoms with van der Waals surface area (Å²) in [4.78, 5) is 9.91. The molecule has 0 aliphatic rings. The monoisotopic (exact) mass is 99.1 g/mol. The molecule has 0 aliphatic heterocycles. The summed E-state index contributed by atoms with van der Waals surface area (Å²) >= 11 is 0. The number of hydrogen-bond donors (Lipinski definition) is 0. The lowest BCUT2D eigenvalue weighted by Gasteiger charge is -2.03. The van der Waals surface area contributed by atoms with Gasteiger partial charge in [-0.2, -0.15) is 0 Å². The molecule has 0 spiro atoms. The fourth-order valence-corrected chi connectivity index (χ4v) is 0.134. The van der Waals surface area contributed by atoms with Crippen molar-refractivity contribution in [1.29, 1.82) is 0 Å². The van der Waals surface area contributed by atoms with E-state index in [1.54, 1.807) is 0 Å². The van der Waals surface area contributed by atoms with E-state index in [-0.39, 0.29) is 11.8 Å². The van der Waals surface area contributed by atoms with Crippen LogP contribution in [-0.2, 0) is 4.79 Å². The third-order valence-electron chi connectivity index (χ3n) is 1.11. The van der Waals surface area contributed by atoms with E-state index in [0.29, 0.717) is 0 Å². The van der Waals surface area contributed by atoms with Crippen LogP contribution in [0.3, 0.4) is 0 Å². The van der Waals surface area contributed by atoms with E-state index in [9.17, 15) is 4.79 Å². The molecule has 0 rings (SSSR count). The second-order valence-electron chi connectivity index (χ2n) is 1.97. The first-order valence-corrected chi connectivity index (χ1v) is 2.47. The molecule has 7 heavy (non-hydrogen) atoms. The van der Waals surface area contributed by atoms with E-state index in [2.05, 4.69) is 6.92 Å². The standard InChI is InChI=1S/C6H11O/c1-5(2)6(3)4-7/h4-6H,1H2,2-3H3. The van der Waals surface area contributed by atoms with Crippen LogP contribution in [-0.4, -0.2) is 6.29 Å². The van der Waals surface area contributed by atoms with Gasteiger partial charge in [-0.1, -0.05) is 13.8 Å². The number of hydrogen-bond acceptors (Lipinski definition) is 1. The van der Waals surface area contributed by atoms with Crippen molar-refractivity contribution in [2.45, 2.75) is 13.8 Å². The maximum Gasteiger partial charge on any atom is 0.123 e. The van der Waals surface area contributed by atoms with Crippen LogP contribution in [0.1, 0.15) is 13.8 Å². The Morgan fingerprint density at radius 3 is 2.00 bits per heavy atom. The molecule has 0 aromatic rings. The predicted molar refractivity (Wildman–Crippen MR) is 29.7 cm³/mol. The average molecular weight is 99.2 g/mol. The fraction of sp³-hybridized carbons (Fsp3) is 0.667. The van der Waals surface area contributed by atoms with Crippen LogP contribution in [0, 0.1) is 18.8 Å². The molecule has 0 fully saturated rings. The summed E-state index contributed by atoms with van der Waals surface area (Å²) in [7, 11) is 0. The van der Waals surface area contributed by atoms with E-state index in [0.717, 1.165) is 6.29 Å². The van der Waals surface area contributed by atoms with Gasteiger partial charge in [-0.05, 0) is 12.8 Å². The molecule has 0 amide bonds. The van der Waals surface area contributed by atoms with Crippen LogP contribution in [0.15, 0.2) is 0 Å². The molecular formula is C6H11O. The van der Waals surface area contributed by atoms with E-state index >= 15 is 0 Å². The molecule has 0 heterocycles. The zero-order chi connectivity index (χ0) is 5.86. The Morgan fingerprint density at radius 1 is 1.57 bits per heavy atom. The van der Waals surface area contributed by atoms with Gasteiger partial charge in [-0.3, -0.25) is 0 Å². The maximum atomic E-state index is 9.91. The minimum atomic E-state index is 0.111. The minimum absolute atomic E-state index is 0.111. The van der Waals surface area contributed by atoms with Gasteiger partial charge >= 0.3 is 0 Å². The van der Waals surface area contributed by atoms with Gasteiger partial charge in [0.1, 0.15) is 6.29 Å². The molecule has 1 heteroatoms. The first kappa shape index (κ1) is 6.67. The summed E-state index contributed by atoms with van der Waals surface area (Å²) < 4.78 is 0. The largest absolute Gasteiger partial charge is 0.303 e. The summed E-state index contributed by atoms with van der Waals surface area (Å²) in [5.74, 6) is 0.359. The second-order valence-corrected chi connectivity index (χ2v) is 1.97. The van der Waals surface area contributed by atoms with Gasteiger partial charge in [0.25, 0.3) is 0 Å². The van der Waals surface area contributed by atoms with Crippen molar-refractivity contribution < 1.29 is 4.79 Å². The van der Waals surface area contributed by atoms with E-state index in [1.807, 2.05) is 13.8 Å². The van der Waals surface area contributed by atoms with Gasteiger partial charge in [0, 0.05) is 5.92 Å². The van der Waals surface area contributed by atoms with Crippen LogP contribution in [0.5, 0.6) is 0 Å². The van der Waals surface area contributed by atoms with Gasteiger partial charge in [0.05, 0.1) is 0 Å². The molecule has 0 aliphatic carbocycles. The zero-order valence-electron chi connectivity index (χ0n) is 4.85. The lowest BCUT2D eigenvalue weighted by Crippen LogP contribution is -2.03. The molecule has 0 aromatic carbocycles. The summed E-state index contributed by atoms with van der Waals surface area (Å²) in [6.07, 6.45) is 0.928. The van der Waals surface area contributed by atoms with Crippen molar-refractivity contribution in [3.8, 4) is 0 Å². The smallest absolute Gasteiger partial charge is 0.123 e. The fourth-order valence-electron chi connectivity index (χ4n) is 0.134. The van der Waals surface area contributed by atoms with Crippen molar-refractivity contribution in [1.82, 2.24) is 0 Å². The van der Waals surface area contributed by atoms with E-state index < -0.39 is 0 Å². The Labute approximate surface area is 44.7 Å². The van der Waals surface area contributed by atoms with Crippen LogP contribution < -0.4 is 0 Å². The van der Waals surface area contributed by atoms with Gasteiger partial charge in [0.15, 0.2) is 0 Å². The molecule has 0 bridgehead atoms. The lowest BCUT2D eigenvalue weighted by atomic mass is 10.0. The SMILES string of the molecule is [CH2]C(C)C(C)C=O. The molecule has 0 aromatic heterocycles. The third kappa shape index (κ3) is 2.38. The van der Waals surface area contributed by atoms with Crippen LogP contribution in [0.4, 0.5) is 0 Å². The topological polar surface area (TPSA) is 17.1 Å². The normalized spacial score (nSPS) is 14.3. The Bertz CT molecular complexity index is 57.2. The number of rotatable bonds is 2. The van der Waals surface area contributed by atoms with Gasteiger partial charge in [0.2, 0.25) is 0 Å². The molecule has 41 valence electrons. The molecule has 0 N–H and O–H groups in total. The highest BCUT2D eigenvalue weighted by Gasteiger charge is 2.02. The quantitative estimate of drug-likeness (QED) is 0.477. The summed E-state index contributed by atoms with van der Waals surface area (Å²) in [6, 6.07) is 0. The van der Waals surface area contributed by atoms with Crippen molar-refractivity contribution in [2.24, 2.45) is 11.8 Å². The molecule has 0 saturated heterocycles. The lowest BCUT2D eigenvalue weighted by molar-refractivity contribution is -0.111. The summed E-state index contributed by atoms with van der Waals surface area (Å²) in [6.45, 7) is 7.47. The Balaban J connectivity index is 3.33. The van der Waals surface area contributed by atoms with Crippen molar-refractivity contribution in [2.75, 3.05) is 0 Å². The highest BCUT2D eigenvalue weighted by atomic mass is 16.1. The van der Waals surface area contributed by atoms with Crippen LogP contribution in [0.2, 0.25) is 0 Å². The highest BCUT2D eigenvalue weighted by molar-refractivity contribution is 5.53. The molecule has 2 atom stereocenters. The van der Waals surface area contributed by atoms with Crippen molar-refractivity contribution in [3.05, 3.63) is 6.92 Å². The molecule has 2 unspecified atom stereocenters. The van der Waals surface area contributed by atoms with Gasteiger partial charge in [-0.15, -0.1) is 0 Å². The Hall–Kier alpha value is -0.330. The van der Waals surface area contributed by atoms with Gasteiger partial charge < -0.3 is 4.79 Å². The van der Waals surface area contributed by atoms with E-state index in [4.69, 9.17) is 0 Å². The number of carbonyl (C=O) groups excluding carboxylic acids is 1. The first-order valence-electron chi connectivity index (χ1n) is 2.47. The third-order valence-corrected chi connectivity index (χ3v) is 1.11. The second kappa shape index (κ2) is 2.78. The van der Waals surface area contributed by atoms with Crippen molar-refractivity contribution >= 4 is 6.29 Å². The summed E-state index contributed by atoms with van der Waals surface area (Å²) in [5, 5.41) is 0. The number of aldehydes is 1. The summed E-state index contributed by atoms with van der Waals surface area (Å²) in [5.41, 5.74) is 0. The molecular weight excluding hydrogens is 88.1 g/mol. The maximum absolute atomic E-state index is 9.91. The highest BCUT2D eigenvalue weighted by Crippen LogP contribution is 2.03. The Kier molecular flexibility index (Phi) is 2.65. The first-order chi connectivity index (χ1) is 3.18.